The van der Waals surface area contributed by atoms with Crippen molar-refractivity contribution in [2.75, 3.05) is 20.3 Å². The third kappa shape index (κ3) is 4.23. The molecule has 0 aromatic heterocycles. The molecule has 1 aromatic carbocycles. The van der Waals surface area contributed by atoms with Crippen LogP contribution in [0.2, 0.25) is 0 Å². The molecule has 0 aliphatic carbocycles. The average Bonchev–Trinajstić information content (AvgIpc) is 2.31. The Labute approximate surface area is 106 Å². The molecule has 0 saturated carbocycles. The van der Waals surface area contributed by atoms with Crippen LogP contribution in [-0.2, 0) is 11.2 Å². The molecule has 18 heavy (non-hydrogen) atoms. The van der Waals surface area contributed by atoms with E-state index in [1.54, 1.807) is 14.0 Å². The van der Waals surface area contributed by atoms with Crippen LogP contribution in [0.5, 0.6) is 5.75 Å². The van der Waals surface area contributed by atoms with Crippen LogP contribution in [0.15, 0.2) is 12.1 Å². The number of rotatable bonds is 7. The molecule has 1 aromatic rings. The first-order valence-electron chi connectivity index (χ1n) is 5.92. The molecule has 3 nitrogen and oxygen atoms in total. The zero-order chi connectivity index (χ0) is 13.5. The lowest BCUT2D eigenvalue weighted by molar-refractivity contribution is 0.128. The van der Waals surface area contributed by atoms with Gasteiger partial charge in [-0.25, -0.2) is 8.78 Å². The van der Waals surface area contributed by atoms with Crippen molar-refractivity contribution in [3.63, 3.8) is 0 Å². The molecule has 0 saturated heterocycles. The van der Waals surface area contributed by atoms with Crippen molar-refractivity contribution in [2.24, 2.45) is 5.73 Å². The SMILES string of the molecule is COCCC(C)Oc1c(F)cc(CCN)cc1F. The van der Waals surface area contributed by atoms with Crippen LogP contribution in [0.1, 0.15) is 18.9 Å². The lowest BCUT2D eigenvalue weighted by Gasteiger charge is -2.16. The molecular weight excluding hydrogens is 240 g/mol. The Morgan fingerprint density at radius 3 is 2.39 bits per heavy atom. The molecule has 0 fully saturated rings. The van der Waals surface area contributed by atoms with Crippen LogP contribution in [0.25, 0.3) is 0 Å². The van der Waals surface area contributed by atoms with Gasteiger partial charge < -0.3 is 15.2 Å². The van der Waals surface area contributed by atoms with Crippen LogP contribution in [0.4, 0.5) is 8.78 Å². The molecule has 0 radical (unpaired) electrons. The first kappa shape index (κ1) is 14.9. The third-order valence-electron chi connectivity index (χ3n) is 2.54. The maximum Gasteiger partial charge on any atom is 0.191 e. The molecule has 1 rings (SSSR count). The highest BCUT2D eigenvalue weighted by Crippen LogP contribution is 2.25. The summed E-state index contributed by atoms with van der Waals surface area (Å²) in [5, 5.41) is 0. The second-order valence-corrected chi connectivity index (χ2v) is 4.14. The lowest BCUT2D eigenvalue weighted by Crippen LogP contribution is -2.16. The number of halogens is 2. The van der Waals surface area contributed by atoms with Gasteiger partial charge in [0.15, 0.2) is 17.4 Å². The number of hydrogen-bond donors (Lipinski definition) is 1. The molecule has 0 aliphatic rings. The second-order valence-electron chi connectivity index (χ2n) is 4.14. The van der Waals surface area contributed by atoms with E-state index in [0.29, 0.717) is 31.6 Å². The quantitative estimate of drug-likeness (QED) is 0.817. The van der Waals surface area contributed by atoms with Crippen molar-refractivity contribution >= 4 is 0 Å². The largest absolute Gasteiger partial charge is 0.485 e. The predicted molar refractivity (Wildman–Crippen MR) is 65.7 cm³/mol. The smallest absolute Gasteiger partial charge is 0.191 e. The highest BCUT2D eigenvalue weighted by molar-refractivity contribution is 5.31. The van der Waals surface area contributed by atoms with Crippen LogP contribution >= 0.6 is 0 Å². The van der Waals surface area contributed by atoms with Gasteiger partial charge in [-0.15, -0.1) is 0 Å². The molecule has 102 valence electrons. The number of benzene rings is 1. The molecule has 0 spiro atoms. The normalized spacial score (nSPS) is 12.5. The molecule has 1 unspecified atom stereocenters. The Kier molecular flexibility index (Phi) is 6.01. The maximum atomic E-state index is 13.7. The third-order valence-corrected chi connectivity index (χ3v) is 2.54. The molecule has 1 atom stereocenters. The Morgan fingerprint density at radius 1 is 1.28 bits per heavy atom. The summed E-state index contributed by atoms with van der Waals surface area (Å²) in [7, 11) is 1.56. The fraction of sp³-hybridized carbons (Fsp3) is 0.538. The highest BCUT2D eigenvalue weighted by atomic mass is 19.1. The zero-order valence-electron chi connectivity index (χ0n) is 10.7. The fourth-order valence-corrected chi connectivity index (χ4v) is 1.58. The summed E-state index contributed by atoms with van der Waals surface area (Å²) in [6.07, 6.45) is 0.696. The van der Waals surface area contributed by atoms with Crippen molar-refractivity contribution in [3.05, 3.63) is 29.3 Å². The summed E-state index contributed by atoms with van der Waals surface area (Å²) in [6, 6.07) is 2.52. The van der Waals surface area contributed by atoms with Crippen molar-refractivity contribution in [1.82, 2.24) is 0 Å². The van der Waals surface area contributed by atoms with Gasteiger partial charge in [-0.1, -0.05) is 0 Å². The van der Waals surface area contributed by atoms with Crippen LogP contribution < -0.4 is 10.5 Å². The van der Waals surface area contributed by atoms with Crippen LogP contribution in [0.3, 0.4) is 0 Å². The van der Waals surface area contributed by atoms with Gasteiger partial charge in [-0.05, 0) is 37.6 Å². The maximum absolute atomic E-state index is 13.7. The predicted octanol–water partition coefficient (Wildman–Crippen LogP) is 2.27. The minimum atomic E-state index is -0.692. The summed E-state index contributed by atoms with van der Waals surface area (Å²) < 4.78 is 37.5. The van der Waals surface area contributed by atoms with Gasteiger partial charge >= 0.3 is 0 Å². The van der Waals surface area contributed by atoms with Gasteiger partial charge in [-0.3, -0.25) is 0 Å². The highest BCUT2D eigenvalue weighted by Gasteiger charge is 2.15. The van der Waals surface area contributed by atoms with E-state index in [1.165, 1.54) is 12.1 Å². The number of nitrogens with two attached hydrogens (primary N) is 1. The topological polar surface area (TPSA) is 44.5 Å². The van der Waals surface area contributed by atoms with Gasteiger partial charge in [0.05, 0.1) is 6.10 Å². The van der Waals surface area contributed by atoms with Crippen LogP contribution in [-0.4, -0.2) is 26.4 Å². The standard InChI is InChI=1S/C13H19F2NO2/c1-9(4-6-17-2)18-13-11(14)7-10(3-5-16)8-12(13)15/h7-9H,3-6,16H2,1-2H3. The molecule has 2 N–H and O–H groups in total. The average molecular weight is 259 g/mol. The Balaban J connectivity index is 2.76. The zero-order valence-corrected chi connectivity index (χ0v) is 10.7. The summed E-state index contributed by atoms with van der Waals surface area (Å²) >= 11 is 0. The number of hydrogen-bond acceptors (Lipinski definition) is 3. The van der Waals surface area contributed by atoms with Gasteiger partial charge in [0.2, 0.25) is 0 Å². The van der Waals surface area contributed by atoms with Crippen molar-refractivity contribution < 1.29 is 18.3 Å². The van der Waals surface area contributed by atoms with E-state index >= 15 is 0 Å². The number of ether oxygens (including phenoxy) is 2. The lowest BCUT2D eigenvalue weighted by atomic mass is 10.1. The van der Waals surface area contributed by atoms with E-state index in [1.807, 2.05) is 0 Å². The van der Waals surface area contributed by atoms with Gasteiger partial charge in [0.1, 0.15) is 0 Å². The van der Waals surface area contributed by atoms with E-state index in [9.17, 15) is 8.78 Å². The van der Waals surface area contributed by atoms with E-state index in [0.717, 1.165) is 0 Å². The van der Waals surface area contributed by atoms with E-state index in [-0.39, 0.29) is 11.9 Å². The molecule has 0 aliphatic heterocycles. The summed E-state index contributed by atoms with van der Waals surface area (Å²) in [6.45, 7) is 2.57. The van der Waals surface area contributed by atoms with Crippen molar-refractivity contribution in [2.45, 2.75) is 25.9 Å². The molecule has 0 heterocycles. The minimum absolute atomic E-state index is 0.311. The van der Waals surface area contributed by atoms with E-state index in [4.69, 9.17) is 15.2 Å². The van der Waals surface area contributed by atoms with Gasteiger partial charge in [0, 0.05) is 20.1 Å². The molecular formula is C13H19F2NO2. The molecule has 5 heteroatoms. The summed E-state index contributed by atoms with van der Waals surface area (Å²) in [4.78, 5) is 0. The first-order valence-corrected chi connectivity index (χ1v) is 5.92. The minimum Gasteiger partial charge on any atom is -0.485 e. The molecule has 0 amide bonds. The second kappa shape index (κ2) is 7.28. The Hall–Kier alpha value is -1.20. The van der Waals surface area contributed by atoms with E-state index in [2.05, 4.69) is 0 Å². The van der Waals surface area contributed by atoms with Gasteiger partial charge in [0.25, 0.3) is 0 Å². The van der Waals surface area contributed by atoms with Crippen molar-refractivity contribution in [1.29, 1.82) is 0 Å². The Morgan fingerprint density at radius 2 is 1.89 bits per heavy atom. The van der Waals surface area contributed by atoms with Gasteiger partial charge in [-0.2, -0.15) is 0 Å². The monoisotopic (exact) mass is 259 g/mol. The molecule has 0 bridgehead atoms. The summed E-state index contributed by atoms with van der Waals surface area (Å²) in [5.41, 5.74) is 5.88. The number of methoxy groups -OCH3 is 1. The Bertz CT molecular complexity index is 362. The fourth-order valence-electron chi connectivity index (χ4n) is 1.58. The van der Waals surface area contributed by atoms with Crippen molar-refractivity contribution in [3.8, 4) is 5.75 Å². The van der Waals surface area contributed by atoms with E-state index < -0.39 is 11.6 Å². The summed E-state index contributed by atoms with van der Waals surface area (Å²) in [5.74, 6) is -1.72. The van der Waals surface area contributed by atoms with Crippen LogP contribution in [0, 0.1) is 11.6 Å². The first-order chi connectivity index (χ1) is 8.58.